The molecule has 0 spiro atoms. The van der Waals surface area contributed by atoms with Crippen LogP contribution in [0.3, 0.4) is 0 Å². The third kappa shape index (κ3) is 5.01. The third-order valence-electron chi connectivity index (χ3n) is 1.89. The van der Waals surface area contributed by atoms with Gasteiger partial charge in [-0.2, -0.15) is 0 Å². The zero-order chi connectivity index (χ0) is 11.8. The van der Waals surface area contributed by atoms with Crippen molar-refractivity contribution in [1.82, 2.24) is 0 Å². The molecule has 0 aliphatic rings. The number of rotatable bonds is 7. The molecule has 0 amide bonds. The summed E-state index contributed by atoms with van der Waals surface area (Å²) in [5.74, 6) is -0.301. The maximum Gasteiger partial charge on any atom is 0.348 e. The summed E-state index contributed by atoms with van der Waals surface area (Å²) < 4.78 is 10.3. The largest absolute Gasteiger partial charge is 0.459 e. The van der Waals surface area contributed by atoms with Crippen LogP contribution in [0, 0.1) is 0 Å². The molecule has 1 aromatic heterocycles. The van der Waals surface area contributed by atoms with Gasteiger partial charge >= 0.3 is 5.97 Å². The summed E-state index contributed by atoms with van der Waals surface area (Å²) in [6, 6.07) is 1.70. The highest BCUT2D eigenvalue weighted by atomic mass is 32.1. The Morgan fingerprint density at radius 2 is 2.25 bits per heavy atom. The second-order valence-corrected chi connectivity index (χ2v) is 4.70. The van der Waals surface area contributed by atoms with Crippen LogP contribution in [0.2, 0.25) is 0 Å². The number of thiophene rings is 1. The number of unbranched alkanes of at least 4 members (excludes halogenated alkanes) is 1. The summed E-state index contributed by atoms with van der Waals surface area (Å²) >= 11 is 5.46. The van der Waals surface area contributed by atoms with Crippen LogP contribution in [0.5, 0.6) is 0 Å². The Hall–Kier alpha value is -0.520. The highest BCUT2D eigenvalue weighted by Gasteiger charge is 2.08. The molecule has 0 bridgehead atoms. The quantitative estimate of drug-likeness (QED) is 0.465. The standard InChI is InChI=1S/C11H16O3S2/c1-2-3-4-13-5-6-14-11(12)10-7-9(15)8-16-10/h7-8,15H,2-6H2,1H3. The smallest absolute Gasteiger partial charge is 0.348 e. The molecule has 90 valence electrons. The van der Waals surface area contributed by atoms with Crippen molar-refractivity contribution in [1.29, 1.82) is 0 Å². The predicted molar refractivity (Wildman–Crippen MR) is 67.6 cm³/mol. The van der Waals surface area contributed by atoms with E-state index in [2.05, 4.69) is 19.6 Å². The second kappa shape index (κ2) is 7.70. The van der Waals surface area contributed by atoms with E-state index < -0.39 is 0 Å². The molecular formula is C11H16O3S2. The zero-order valence-electron chi connectivity index (χ0n) is 9.27. The summed E-state index contributed by atoms with van der Waals surface area (Å²) in [4.78, 5) is 12.8. The molecule has 5 heteroatoms. The van der Waals surface area contributed by atoms with Crippen LogP contribution in [0.1, 0.15) is 29.4 Å². The molecule has 0 radical (unpaired) electrons. The van der Waals surface area contributed by atoms with Gasteiger partial charge in [0.25, 0.3) is 0 Å². The molecular weight excluding hydrogens is 244 g/mol. The van der Waals surface area contributed by atoms with Crippen LogP contribution in [0.15, 0.2) is 16.3 Å². The first-order chi connectivity index (χ1) is 7.74. The monoisotopic (exact) mass is 260 g/mol. The normalized spacial score (nSPS) is 10.4. The summed E-state index contributed by atoms with van der Waals surface area (Å²) in [5, 5.41) is 1.80. The molecule has 3 nitrogen and oxygen atoms in total. The number of hydrogen-bond acceptors (Lipinski definition) is 5. The molecule has 0 fully saturated rings. The lowest BCUT2D eigenvalue weighted by Crippen LogP contribution is -2.10. The Labute approximate surface area is 105 Å². The predicted octanol–water partition coefficient (Wildman–Crippen LogP) is 3.01. The molecule has 0 N–H and O–H groups in total. The average Bonchev–Trinajstić information content (AvgIpc) is 2.70. The van der Waals surface area contributed by atoms with Crippen molar-refractivity contribution in [3.8, 4) is 0 Å². The summed E-state index contributed by atoms with van der Waals surface area (Å²) in [6.45, 7) is 3.61. The van der Waals surface area contributed by atoms with Crippen LogP contribution in [0.25, 0.3) is 0 Å². The van der Waals surface area contributed by atoms with Gasteiger partial charge in [0.2, 0.25) is 0 Å². The second-order valence-electron chi connectivity index (χ2n) is 3.27. The first-order valence-electron chi connectivity index (χ1n) is 5.26. The summed E-state index contributed by atoms with van der Waals surface area (Å²) in [6.07, 6.45) is 2.15. The number of carbonyl (C=O) groups is 1. The molecule has 0 unspecified atom stereocenters. The van der Waals surface area contributed by atoms with Crippen LogP contribution in [-0.4, -0.2) is 25.8 Å². The van der Waals surface area contributed by atoms with Crippen molar-refractivity contribution in [2.45, 2.75) is 24.7 Å². The van der Waals surface area contributed by atoms with Crippen molar-refractivity contribution >= 4 is 29.9 Å². The van der Waals surface area contributed by atoms with Crippen molar-refractivity contribution in [2.24, 2.45) is 0 Å². The van der Waals surface area contributed by atoms with Crippen LogP contribution in [0.4, 0.5) is 0 Å². The highest BCUT2D eigenvalue weighted by molar-refractivity contribution is 7.80. The number of carbonyl (C=O) groups excluding carboxylic acids is 1. The number of ether oxygens (including phenoxy) is 2. The minimum atomic E-state index is -0.301. The molecule has 1 aromatic rings. The zero-order valence-corrected chi connectivity index (χ0v) is 11.0. The Balaban J connectivity index is 2.11. The SMILES string of the molecule is CCCCOCCOC(=O)c1cc(S)cs1. The molecule has 0 aliphatic heterocycles. The molecule has 0 atom stereocenters. The lowest BCUT2D eigenvalue weighted by molar-refractivity contribution is 0.0318. The fourth-order valence-corrected chi connectivity index (χ4v) is 2.09. The van der Waals surface area contributed by atoms with Crippen LogP contribution < -0.4 is 0 Å². The van der Waals surface area contributed by atoms with Gasteiger partial charge in [-0.15, -0.1) is 24.0 Å². The van der Waals surface area contributed by atoms with Gasteiger partial charge in [-0.3, -0.25) is 0 Å². The highest BCUT2D eigenvalue weighted by Crippen LogP contribution is 2.18. The topological polar surface area (TPSA) is 35.5 Å². The van der Waals surface area contributed by atoms with Gasteiger partial charge < -0.3 is 9.47 Å². The summed E-state index contributed by atoms with van der Waals surface area (Å²) in [5.41, 5.74) is 0. The maximum atomic E-state index is 11.4. The third-order valence-corrected chi connectivity index (χ3v) is 3.23. The Kier molecular flexibility index (Phi) is 6.52. The van der Waals surface area contributed by atoms with E-state index in [4.69, 9.17) is 9.47 Å². The molecule has 0 saturated heterocycles. The fraction of sp³-hybridized carbons (Fsp3) is 0.545. The maximum absolute atomic E-state index is 11.4. The lowest BCUT2D eigenvalue weighted by atomic mass is 10.4. The Morgan fingerprint density at radius 3 is 2.88 bits per heavy atom. The van der Waals surface area contributed by atoms with E-state index in [-0.39, 0.29) is 5.97 Å². The van der Waals surface area contributed by atoms with Crippen molar-refractivity contribution in [2.75, 3.05) is 19.8 Å². The van der Waals surface area contributed by atoms with E-state index in [1.165, 1.54) is 11.3 Å². The molecule has 0 saturated carbocycles. The van der Waals surface area contributed by atoms with Crippen molar-refractivity contribution < 1.29 is 14.3 Å². The lowest BCUT2D eigenvalue weighted by Gasteiger charge is -2.04. The van der Waals surface area contributed by atoms with Crippen LogP contribution in [-0.2, 0) is 9.47 Å². The minimum absolute atomic E-state index is 0.301. The number of hydrogen-bond donors (Lipinski definition) is 1. The van der Waals surface area contributed by atoms with E-state index in [0.717, 1.165) is 24.3 Å². The molecule has 1 heterocycles. The van der Waals surface area contributed by atoms with Gasteiger partial charge in [-0.25, -0.2) is 4.79 Å². The number of esters is 1. The van der Waals surface area contributed by atoms with Crippen molar-refractivity contribution in [3.05, 3.63) is 16.3 Å². The minimum Gasteiger partial charge on any atom is -0.459 e. The first kappa shape index (κ1) is 13.5. The molecule has 16 heavy (non-hydrogen) atoms. The van der Waals surface area contributed by atoms with E-state index in [1.54, 1.807) is 11.4 Å². The molecule has 0 aromatic carbocycles. The van der Waals surface area contributed by atoms with Gasteiger partial charge in [0.1, 0.15) is 11.5 Å². The van der Waals surface area contributed by atoms with Gasteiger partial charge in [0.05, 0.1) is 6.61 Å². The van der Waals surface area contributed by atoms with Gasteiger partial charge in [-0.1, -0.05) is 13.3 Å². The van der Waals surface area contributed by atoms with Gasteiger partial charge in [0, 0.05) is 16.9 Å². The first-order valence-corrected chi connectivity index (χ1v) is 6.59. The average molecular weight is 260 g/mol. The van der Waals surface area contributed by atoms with E-state index in [0.29, 0.717) is 18.1 Å². The molecule has 1 rings (SSSR count). The van der Waals surface area contributed by atoms with E-state index in [9.17, 15) is 4.79 Å². The van der Waals surface area contributed by atoms with Gasteiger partial charge in [-0.05, 0) is 12.5 Å². The Morgan fingerprint density at radius 1 is 1.44 bits per heavy atom. The van der Waals surface area contributed by atoms with E-state index in [1.807, 2.05) is 0 Å². The van der Waals surface area contributed by atoms with Crippen LogP contribution >= 0.6 is 24.0 Å². The molecule has 0 aliphatic carbocycles. The Bertz CT molecular complexity index is 323. The number of thiol groups is 1. The van der Waals surface area contributed by atoms with E-state index >= 15 is 0 Å². The summed E-state index contributed by atoms with van der Waals surface area (Å²) in [7, 11) is 0. The fourth-order valence-electron chi connectivity index (χ4n) is 1.05. The van der Waals surface area contributed by atoms with Crippen molar-refractivity contribution in [3.63, 3.8) is 0 Å². The van der Waals surface area contributed by atoms with Gasteiger partial charge in [0.15, 0.2) is 0 Å².